The summed E-state index contributed by atoms with van der Waals surface area (Å²) in [6.07, 6.45) is 3.24. The average molecular weight is 365 g/mol. The van der Waals surface area contributed by atoms with Gasteiger partial charge in [-0.05, 0) is 33.1 Å². The first kappa shape index (κ1) is 17.8. The number of nitrogens with one attached hydrogen (secondary N) is 1. The molecule has 0 radical (unpaired) electrons. The molecule has 0 spiro atoms. The fourth-order valence-corrected chi connectivity index (χ4v) is 4.23. The van der Waals surface area contributed by atoms with Crippen molar-refractivity contribution in [2.45, 2.75) is 57.7 Å². The van der Waals surface area contributed by atoms with Crippen molar-refractivity contribution >= 4 is 29.1 Å². The molecule has 0 saturated carbocycles. The van der Waals surface area contributed by atoms with Gasteiger partial charge in [-0.1, -0.05) is 0 Å². The fourth-order valence-electron chi connectivity index (χ4n) is 3.56. The third-order valence-corrected chi connectivity index (χ3v) is 5.75. The summed E-state index contributed by atoms with van der Waals surface area (Å²) < 4.78 is 4.99. The minimum atomic E-state index is -0.680. The van der Waals surface area contributed by atoms with Crippen LogP contribution in [0.1, 0.15) is 38.0 Å². The van der Waals surface area contributed by atoms with Gasteiger partial charge >= 0.3 is 6.09 Å². The quantitative estimate of drug-likeness (QED) is 0.830. The van der Waals surface area contributed by atoms with Crippen molar-refractivity contribution in [1.29, 1.82) is 0 Å². The number of aromatic nitrogens is 1. The van der Waals surface area contributed by atoms with Crippen LogP contribution in [0, 0.1) is 5.92 Å². The first-order chi connectivity index (χ1) is 12.0. The summed E-state index contributed by atoms with van der Waals surface area (Å²) in [6.45, 7) is 4.47. The lowest BCUT2D eigenvalue weighted by Gasteiger charge is -2.27. The van der Waals surface area contributed by atoms with Crippen molar-refractivity contribution in [2.75, 3.05) is 6.54 Å². The lowest BCUT2D eigenvalue weighted by Crippen LogP contribution is -2.43. The van der Waals surface area contributed by atoms with Gasteiger partial charge in [-0.15, -0.1) is 11.3 Å². The number of likely N-dealkylation sites (tertiary alicyclic amines) is 1. The topological polar surface area (TPSA) is 88.6 Å². The molecule has 4 atom stereocenters. The van der Waals surface area contributed by atoms with Crippen molar-refractivity contribution in [3.63, 3.8) is 0 Å². The van der Waals surface area contributed by atoms with Crippen LogP contribution < -0.4 is 5.32 Å². The summed E-state index contributed by atoms with van der Waals surface area (Å²) in [6, 6.07) is -0.472. The third kappa shape index (κ3) is 4.00. The molecule has 8 heteroatoms. The van der Waals surface area contributed by atoms with Crippen LogP contribution in [-0.2, 0) is 20.7 Å². The Morgan fingerprint density at radius 1 is 1.48 bits per heavy atom. The summed E-state index contributed by atoms with van der Waals surface area (Å²) in [7, 11) is 0. The largest absolute Gasteiger partial charge is 0.444 e. The Labute approximate surface area is 150 Å². The molecular weight excluding hydrogens is 342 g/mol. The van der Waals surface area contributed by atoms with E-state index in [1.807, 2.05) is 11.8 Å². The number of carbonyl (C=O) groups excluding carboxylic acids is 3. The molecule has 136 valence electrons. The Bertz CT molecular complexity index is 648. The molecule has 1 aromatic heterocycles. The molecule has 0 bridgehead atoms. The van der Waals surface area contributed by atoms with Gasteiger partial charge < -0.3 is 15.0 Å². The molecule has 25 heavy (non-hydrogen) atoms. The van der Waals surface area contributed by atoms with Gasteiger partial charge in [0, 0.05) is 36.0 Å². The van der Waals surface area contributed by atoms with Gasteiger partial charge in [0.15, 0.2) is 5.78 Å². The van der Waals surface area contributed by atoms with E-state index in [0.717, 1.165) is 24.3 Å². The molecular formula is C17H23N3O4S. The number of thiazole rings is 1. The van der Waals surface area contributed by atoms with Gasteiger partial charge in [-0.25, -0.2) is 4.79 Å². The SMILES string of the molecule is CC1OC(=O)NC1C(=O)CC(Cc1cncs1)C(=O)N1CCCC1C. The van der Waals surface area contributed by atoms with Crippen LogP contribution in [0.15, 0.2) is 11.7 Å². The summed E-state index contributed by atoms with van der Waals surface area (Å²) in [4.78, 5) is 43.9. The van der Waals surface area contributed by atoms with Crippen LogP contribution in [0.25, 0.3) is 0 Å². The first-order valence-corrected chi connectivity index (χ1v) is 9.51. The molecule has 2 aliphatic rings. The number of amides is 2. The standard InChI is InChI=1S/C17H23N3O4S/c1-10-4-3-5-20(10)16(22)12(6-13-8-18-9-25-13)7-14(21)15-11(2)24-17(23)19-15/h8-12,15H,3-7H2,1-2H3,(H,19,23). The highest BCUT2D eigenvalue weighted by atomic mass is 32.1. The zero-order valence-corrected chi connectivity index (χ0v) is 15.3. The number of rotatable bonds is 6. The van der Waals surface area contributed by atoms with Crippen LogP contribution in [0.2, 0.25) is 0 Å². The highest BCUT2D eigenvalue weighted by Crippen LogP contribution is 2.25. The van der Waals surface area contributed by atoms with Crippen LogP contribution >= 0.6 is 11.3 Å². The predicted octanol–water partition coefficient (Wildman–Crippen LogP) is 1.77. The lowest BCUT2D eigenvalue weighted by molar-refractivity contribution is -0.139. The molecule has 2 saturated heterocycles. The van der Waals surface area contributed by atoms with Crippen LogP contribution in [0.4, 0.5) is 4.79 Å². The van der Waals surface area contributed by atoms with E-state index >= 15 is 0 Å². The molecule has 1 N–H and O–H groups in total. The van der Waals surface area contributed by atoms with Gasteiger partial charge in [-0.2, -0.15) is 0 Å². The van der Waals surface area contributed by atoms with E-state index in [1.54, 1.807) is 18.6 Å². The van der Waals surface area contributed by atoms with Gasteiger partial charge in [0.25, 0.3) is 0 Å². The molecule has 7 nitrogen and oxygen atoms in total. The Hall–Kier alpha value is -1.96. The van der Waals surface area contributed by atoms with Crippen molar-refractivity contribution in [3.05, 3.63) is 16.6 Å². The van der Waals surface area contributed by atoms with E-state index in [0.29, 0.717) is 6.42 Å². The van der Waals surface area contributed by atoms with Gasteiger partial charge in [0.1, 0.15) is 12.1 Å². The molecule has 2 aliphatic heterocycles. The van der Waals surface area contributed by atoms with Crippen molar-refractivity contribution in [3.8, 4) is 0 Å². The molecule has 4 unspecified atom stereocenters. The smallest absolute Gasteiger partial charge is 0.408 e. The third-order valence-electron chi connectivity index (χ3n) is 4.95. The first-order valence-electron chi connectivity index (χ1n) is 8.63. The van der Waals surface area contributed by atoms with Crippen molar-refractivity contribution in [2.24, 2.45) is 5.92 Å². The van der Waals surface area contributed by atoms with E-state index in [-0.39, 0.29) is 24.2 Å². The van der Waals surface area contributed by atoms with Crippen molar-refractivity contribution in [1.82, 2.24) is 15.2 Å². The Morgan fingerprint density at radius 3 is 2.84 bits per heavy atom. The number of Topliss-reactive ketones (excluding diaryl/α,β-unsaturated/α-hetero) is 1. The summed E-state index contributed by atoms with van der Waals surface area (Å²) in [5.74, 6) is -0.573. The molecule has 0 aliphatic carbocycles. The minimum absolute atomic E-state index is 0.0182. The monoisotopic (exact) mass is 365 g/mol. The molecule has 2 fully saturated rings. The normalized spacial score (nSPS) is 27.0. The van der Waals surface area contributed by atoms with E-state index in [9.17, 15) is 14.4 Å². The summed E-state index contributed by atoms with van der Waals surface area (Å²) >= 11 is 1.48. The summed E-state index contributed by atoms with van der Waals surface area (Å²) in [5, 5.41) is 2.54. The van der Waals surface area contributed by atoms with E-state index in [1.165, 1.54) is 11.3 Å². The number of nitrogens with zero attached hydrogens (tertiary/aromatic N) is 2. The van der Waals surface area contributed by atoms with Crippen LogP contribution in [0.5, 0.6) is 0 Å². The average Bonchev–Trinajstić information content (AvgIpc) is 3.28. The maximum Gasteiger partial charge on any atom is 0.408 e. The number of ketones is 1. The zero-order chi connectivity index (χ0) is 18.0. The van der Waals surface area contributed by atoms with E-state index in [2.05, 4.69) is 10.3 Å². The fraction of sp³-hybridized carbons (Fsp3) is 0.647. The number of alkyl carbamates (subject to hydrolysis) is 1. The highest BCUT2D eigenvalue weighted by molar-refractivity contribution is 7.09. The van der Waals surface area contributed by atoms with Gasteiger partial charge in [0.2, 0.25) is 5.91 Å². The summed E-state index contributed by atoms with van der Waals surface area (Å²) in [5.41, 5.74) is 1.73. The second-order valence-corrected chi connectivity index (χ2v) is 7.77. The number of hydrogen-bond donors (Lipinski definition) is 1. The van der Waals surface area contributed by atoms with Gasteiger partial charge in [-0.3, -0.25) is 14.6 Å². The van der Waals surface area contributed by atoms with Crippen molar-refractivity contribution < 1.29 is 19.1 Å². The predicted molar refractivity (Wildman–Crippen MR) is 92.2 cm³/mol. The minimum Gasteiger partial charge on any atom is -0.444 e. The van der Waals surface area contributed by atoms with E-state index in [4.69, 9.17) is 4.74 Å². The van der Waals surface area contributed by atoms with Gasteiger partial charge in [0.05, 0.1) is 5.51 Å². The lowest BCUT2D eigenvalue weighted by atomic mass is 9.92. The van der Waals surface area contributed by atoms with Crippen LogP contribution in [0.3, 0.4) is 0 Å². The Morgan fingerprint density at radius 2 is 2.28 bits per heavy atom. The Balaban J connectivity index is 1.72. The number of ether oxygens (including phenoxy) is 1. The maximum atomic E-state index is 13.0. The zero-order valence-electron chi connectivity index (χ0n) is 14.4. The van der Waals surface area contributed by atoms with E-state index < -0.39 is 24.2 Å². The molecule has 3 heterocycles. The number of hydrogen-bond acceptors (Lipinski definition) is 6. The molecule has 1 aromatic rings. The molecule has 3 rings (SSSR count). The second kappa shape index (κ2) is 7.51. The molecule has 0 aromatic carbocycles. The second-order valence-electron chi connectivity index (χ2n) is 6.79. The highest BCUT2D eigenvalue weighted by Gasteiger charge is 2.39. The van der Waals surface area contributed by atoms with Crippen LogP contribution in [-0.4, -0.2) is 52.4 Å². The Kier molecular flexibility index (Phi) is 5.36. The molecule has 2 amide bonds. The maximum absolute atomic E-state index is 13.0. The number of cyclic esters (lactones) is 1. The number of carbonyl (C=O) groups is 3.